The minimum Gasteiger partial charge on any atom is -0.394 e. The molecule has 1 N–H and O–H groups in total. The predicted molar refractivity (Wildman–Crippen MR) is 70.7 cm³/mol. The smallest absolute Gasteiger partial charge is 0.226 e. The number of aliphatic hydroxyl groups excluding tert-OH is 1. The molecule has 5 heteroatoms. The Balaban J connectivity index is 2.38. The predicted octanol–water partition coefficient (Wildman–Crippen LogP) is 1.35. The van der Waals surface area contributed by atoms with Crippen LogP contribution in [0.3, 0.4) is 0 Å². The van der Waals surface area contributed by atoms with E-state index in [1.54, 1.807) is 18.0 Å². The molecule has 0 aromatic heterocycles. The van der Waals surface area contributed by atoms with E-state index in [1.165, 1.54) is 0 Å². The van der Waals surface area contributed by atoms with Crippen molar-refractivity contribution in [1.82, 2.24) is 4.90 Å². The number of hydrogen-bond donors (Lipinski definition) is 1. The van der Waals surface area contributed by atoms with Crippen molar-refractivity contribution < 1.29 is 14.6 Å². The fourth-order valence-electron chi connectivity index (χ4n) is 1.43. The third kappa shape index (κ3) is 5.04. The van der Waals surface area contributed by atoms with Gasteiger partial charge in [0.1, 0.15) is 0 Å². The Morgan fingerprint density at radius 2 is 2.11 bits per heavy atom. The van der Waals surface area contributed by atoms with Crippen molar-refractivity contribution in [2.75, 3.05) is 33.4 Å². The van der Waals surface area contributed by atoms with Gasteiger partial charge in [0.05, 0.1) is 26.2 Å². The number of aliphatic hydroxyl groups is 1. The number of carbonyl (C=O) groups excluding carboxylic acids is 1. The van der Waals surface area contributed by atoms with Crippen LogP contribution in [0.2, 0.25) is 5.02 Å². The Bertz CT molecular complexity index is 384. The third-order valence-electron chi connectivity index (χ3n) is 2.53. The molecule has 0 radical (unpaired) electrons. The Morgan fingerprint density at radius 1 is 1.39 bits per heavy atom. The number of hydrogen-bond acceptors (Lipinski definition) is 3. The first kappa shape index (κ1) is 15.0. The van der Waals surface area contributed by atoms with Gasteiger partial charge >= 0.3 is 0 Å². The van der Waals surface area contributed by atoms with E-state index in [-0.39, 0.29) is 18.9 Å². The molecule has 1 aromatic carbocycles. The molecule has 1 amide bonds. The molecule has 0 aliphatic carbocycles. The molecular formula is C13H18ClNO3. The van der Waals surface area contributed by atoms with Crippen LogP contribution >= 0.6 is 11.6 Å². The summed E-state index contributed by atoms with van der Waals surface area (Å²) in [5.74, 6) is -0.00398. The maximum atomic E-state index is 11.9. The van der Waals surface area contributed by atoms with Crippen LogP contribution < -0.4 is 0 Å². The molecule has 0 heterocycles. The lowest BCUT2D eigenvalue weighted by atomic mass is 10.1. The minimum atomic E-state index is -0.00398. The van der Waals surface area contributed by atoms with E-state index in [4.69, 9.17) is 21.4 Å². The average Bonchev–Trinajstić information content (AvgIpc) is 2.37. The van der Waals surface area contributed by atoms with Crippen LogP contribution in [0.1, 0.15) is 5.56 Å². The van der Waals surface area contributed by atoms with Gasteiger partial charge in [-0.1, -0.05) is 29.8 Å². The molecule has 0 atom stereocenters. The molecule has 18 heavy (non-hydrogen) atoms. The Hall–Kier alpha value is -1.10. The second-order valence-corrected chi connectivity index (χ2v) is 4.33. The number of nitrogens with zero attached hydrogens (tertiary/aromatic N) is 1. The Labute approximate surface area is 112 Å². The van der Waals surface area contributed by atoms with Gasteiger partial charge in [-0.05, 0) is 11.6 Å². The summed E-state index contributed by atoms with van der Waals surface area (Å²) in [6.45, 7) is 1.22. The van der Waals surface area contributed by atoms with Crippen LogP contribution in [0.4, 0.5) is 0 Å². The quantitative estimate of drug-likeness (QED) is 0.762. The molecule has 0 aliphatic heterocycles. The summed E-state index contributed by atoms with van der Waals surface area (Å²) < 4.78 is 5.11. The second kappa shape index (κ2) is 8.08. The molecule has 0 saturated carbocycles. The molecule has 100 valence electrons. The number of carbonyl (C=O) groups is 1. The fraction of sp³-hybridized carbons (Fsp3) is 0.462. The molecule has 1 rings (SSSR count). The molecule has 0 fully saturated rings. The van der Waals surface area contributed by atoms with Gasteiger partial charge in [0.25, 0.3) is 0 Å². The van der Waals surface area contributed by atoms with E-state index >= 15 is 0 Å². The monoisotopic (exact) mass is 271 g/mol. The summed E-state index contributed by atoms with van der Waals surface area (Å²) in [6, 6.07) is 7.31. The lowest BCUT2D eigenvalue weighted by molar-refractivity contribution is -0.129. The molecule has 0 saturated heterocycles. The van der Waals surface area contributed by atoms with E-state index in [0.717, 1.165) is 5.56 Å². The zero-order valence-electron chi connectivity index (χ0n) is 10.4. The first-order valence-electron chi connectivity index (χ1n) is 5.81. The zero-order valence-corrected chi connectivity index (χ0v) is 11.2. The van der Waals surface area contributed by atoms with Crippen LogP contribution in [-0.2, 0) is 16.0 Å². The summed E-state index contributed by atoms with van der Waals surface area (Å²) in [4.78, 5) is 13.5. The van der Waals surface area contributed by atoms with Gasteiger partial charge in [-0.2, -0.15) is 0 Å². The maximum absolute atomic E-state index is 11.9. The highest BCUT2D eigenvalue weighted by atomic mass is 35.5. The van der Waals surface area contributed by atoms with Gasteiger partial charge in [0.2, 0.25) is 5.91 Å². The number of amides is 1. The highest BCUT2D eigenvalue weighted by Crippen LogP contribution is 2.15. The molecule has 0 bridgehead atoms. The van der Waals surface area contributed by atoms with Crippen molar-refractivity contribution in [3.05, 3.63) is 34.9 Å². The molecule has 0 unspecified atom stereocenters. The van der Waals surface area contributed by atoms with Crippen LogP contribution in [0.15, 0.2) is 24.3 Å². The molecule has 0 spiro atoms. The summed E-state index contributed by atoms with van der Waals surface area (Å²) in [5.41, 5.74) is 0.826. The van der Waals surface area contributed by atoms with Crippen molar-refractivity contribution >= 4 is 17.5 Å². The number of halogens is 1. The van der Waals surface area contributed by atoms with Crippen LogP contribution in [0.25, 0.3) is 0 Å². The van der Waals surface area contributed by atoms with E-state index < -0.39 is 0 Å². The summed E-state index contributed by atoms with van der Waals surface area (Å²) >= 11 is 6.00. The molecule has 1 aromatic rings. The van der Waals surface area contributed by atoms with Gasteiger partial charge in [0, 0.05) is 18.6 Å². The van der Waals surface area contributed by atoms with E-state index in [2.05, 4.69) is 0 Å². The van der Waals surface area contributed by atoms with E-state index in [0.29, 0.717) is 24.8 Å². The number of benzene rings is 1. The second-order valence-electron chi connectivity index (χ2n) is 3.92. The topological polar surface area (TPSA) is 49.8 Å². The highest BCUT2D eigenvalue weighted by molar-refractivity contribution is 6.31. The first-order chi connectivity index (χ1) is 8.65. The van der Waals surface area contributed by atoms with Gasteiger partial charge in [0.15, 0.2) is 0 Å². The zero-order chi connectivity index (χ0) is 13.4. The number of ether oxygens (including phenoxy) is 1. The molecular weight excluding hydrogens is 254 g/mol. The van der Waals surface area contributed by atoms with Crippen LogP contribution in [0.5, 0.6) is 0 Å². The largest absolute Gasteiger partial charge is 0.394 e. The van der Waals surface area contributed by atoms with Gasteiger partial charge in [-0.25, -0.2) is 0 Å². The number of rotatable bonds is 7. The lowest BCUT2D eigenvalue weighted by Gasteiger charge is -2.17. The Kier molecular flexibility index (Phi) is 6.72. The van der Waals surface area contributed by atoms with Gasteiger partial charge in [-0.15, -0.1) is 0 Å². The minimum absolute atomic E-state index is 0.00269. The van der Waals surface area contributed by atoms with Gasteiger partial charge < -0.3 is 14.7 Å². The fourth-order valence-corrected chi connectivity index (χ4v) is 1.63. The summed E-state index contributed by atoms with van der Waals surface area (Å²) in [5, 5.41) is 9.15. The molecule has 0 aliphatic rings. The lowest BCUT2D eigenvalue weighted by Crippen LogP contribution is -2.31. The average molecular weight is 272 g/mol. The van der Waals surface area contributed by atoms with Crippen molar-refractivity contribution in [3.63, 3.8) is 0 Å². The summed E-state index contributed by atoms with van der Waals surface area (Å²) in [7, 11) is 1.72. The third-order valence-corrected chi connectivity index (χ3v) is 2.90. The van der Waals surface area contributed by atoms with E-state index in [1.807, 2.05) is 18.2 Å². The van der Waals surface area contributed by atoms with E-state index in [9.17, 15) is 4.79 Å². The maximum Gasteiger partial charge on any atom is 0.226 e. The first-order valence-corrected chi connectivity index (χ1v) is 6.19. The SMILES string of the molecule is CN(CCOCCO)C(=O)Cc1ccccc1Cl. The van der Waals surface area contributed by atoms with Crippen molar-refractivity contribution in [2.24, 2.45) is 0 Å². The standard InChI is InChI=1S/C13H18ClNO3/c1-15(6-8-18-9-7-16)13(17)10-11-4-2-3-5-12(11)14/h2-5,16H,6-10H2,1H3. The highest BCUT2D eigenvalue weighted by Gasteiger charge is 2.11. The van der Waals surface area contributed by atoms with Crippen LogP contribution in [0, 0.1) is 0 Å². The van der Waals surface area contributed by atoms with Crippen molar-refractivity contribution in [2.45, 2.75) is 6.42 Å². The van der Waals surface area contributed by atoms with Crippen molar-refractivity contribution in [1.29, 1.82) is 0 Å². The normalized spacial score (nSPS) is 10.4. The Morgan fingerprint density at radius 3 is 2.78 bits per heavy atom. The summed E-state index contributed by atoms with van der Waals surface area (Å²) in [6.07, 6.45) is 0.288. The number of likely N-dealkylation sites (N-methyl/N-ethyl adjacent to an activating group) is 1. The van der Waals surface area contributed by atoms with Crippen LogP contribution in [-0.4, -0.2) is 49.3 Å². The molecule has 4 nitrogen and oxygen atoms in total. The van der Waals surface area contributed by atoms with Crippen molar-refractivity contribution in [3.8, 4) is 0 Å². The van der Waals surface area contributed by atoms with Gasteiger partial charge in [-0.3, -0.25) is 4.79 Å².